The molecule has 0 radical (unpaired) electrons. The van der Waals surface area contributed by atoms with Crippen molar-refractivity contribution >= 4 is 23.6 Å². The zero-order chi connectivity index (χ0) is 21.5. The molecular formula is C24H26N4O2S. The van der Waals surface area contributed by atoms with Crippen LogP contribution in [0.3, 0.4) is 0 Å². The average Bonchev–Trinajstić information content (AvgIpc) is 3.31. The molecule has 0 unspecified atom stereocenters. The Labute approximate surface area is 186 Å². The van der Waals surface area contributed by atoms with Gasteiger partial charge in [-0.2, -0.15) is 0 Å². The number of benzene rings is 2. The molecule has 6 nitrogen and oxygen atoms in total. The van der Waals surface area contributed by atoms with E-state index in [0.29, 0.717) is 17.9 Å². The summed E-state index contributed by atoms with van der Waals surface area (Å²) in [7, 11) is 0. The lowest BCUT2D eigenvalue weighted by Gasteiger charge is -2.26. The number of nitrogens with zero attached hydrogens (tertiary/aromatic N) is 3. The van der Waals surface area contributed by atoms with E-state index >= 15 is 0 Å². The van der Waals surface area contributed by atoms with Crippen molar-refractivity contribution in [1.29, 1.82) is 0 Å². The molecule has 0 aliphatic carbocycles. The molecule has 3 aromatic rings. The van der Waals surface area contributed by atoms with E-state index in [1.807, 2.05) is 70.3 Å². The van der Waals surface area contributed by atoms with Crippen LogP contribution in [0.15, 0.2) is 72.1 Å². The molecule has 1 saturated heterocycles. The maximum absolute atomic E-state index is 12.4. The second-order valence-corrected chi connectivity index (χ2v) is 8.47. The molecule has 4 rings (SSSR count). The van der Waals surface area contributed by atoms with Crippen LogP contribution >= 0.6 is 11.8 Å². The third-order valence-corrected chi connectivity index (χ3v) is 6.30. The van der Waals surface area contributed by atoms with Gasteiger partial charge in [-0.15, -0.1) is 0 Å². The van der Waals surface area contributed by atoms with Gasteiger partial charge < -0.3 is 10.2 Å². The molecule has 2 aromatic carbocycles. The highest BCUT2D eigenvalue weighted by atomic mass is 32.2. The predicted molar refractivity (Wildman–Crippen MR) is 122 cm³/mol. The van der Waals surface area contributed by atoms with Gasteiger partial charge in [0.25, 0.3) is 5.91 Å². The molecule has 160 valence electrons. The van der Waals surface area contributed by atoms with Gasteiger partial charge in [-0.3, -0.25) is 14.2 Å². The molecule has 1 aromatic heterocycles. The van der Waals surface area contributed by atoms with Gasteiger partial charge in [-0.05, 0) is 49.1 Å². The van der Waals surface area contributed by atoms with Crippen molar-refractivity contribution in [1.82, 2.24) is 19.8 Å². The normalized spacial score (nSPS) is 13.7. The third-order valence-electron chi connectivity index (χ3n) is 5.34. The van der Waals surface area contributed by atoms with Crippen LogP contribution in [0.2, 0.25) is 0 Å². The first-order chi connectivity index (χ1) is 15.2. The highest BCUT2D eigenvalue weighted by Crippen LogP contribution is 2.22. The van der Waals surface area contributed by atoms with Crippen LogP contribution in [0.4, 0.5) is 0 Å². The first-order valence-corrected chi connectivity index (χ1v) is 11.6. The molecule has 0 spiro atoms. The quantitative estimate of drug-likeness (QED) is 0.573. The molecule has 0 bridgehead atoms. The minimum Gasteiger partial charge on any atom is -0.348 e. The van der Waals surface area contributed by atoms with Crippen LogP contribution in [0.1, 0.15) is 35.2 Å². The fraction of sp³-hybridized carbons (Fsp3) is 0.292. The molecule has 1 fully saturated rings. The first-order valence-electron chi connectivity index (χ1n) is 10.6. The van der Waals surface area contributed by atoms with Crippen molar-refractivity contribution in [2.24, 2.45) is 0 Å². The predicted octanol–water partition coefficient (Wildman–Crippen LogP) is 3.91. The number of imidazole rings is 1. The number of hydrogen-bond acceptors (Lipinski definition) is 4. The molecule has 31 heavy (non-hydrogen) atoms. The Kier molecular flexibility index (Phi) is 7.04. The van der Waals surface area contributed by atoms with E-state index in [9.17, 15) is 9.59 Å². The van der Waals surface area contributed by atoms with Crippen LogP contribution in [0, 0.1) is 0 Å². The van der Waals surface area contributed by atoms with Crippen molar-refractivity contribution in [2.75, 3.05) is 18.8 Å². The van der Waals surface area contributed by atoms with Gasteiger partial charge in [0, 0.05) is 43.3 Å². The number of carbonyl (C=O) groups is 2. The summed E-state index contributed by atoms with van der Waals surface area (Å²) in [6, 6.07) is 17.2. The van der Waals surface area contributed by atoms with E-state index in [2.05, 4.69) is 10.3 Å². The van der Waals surface area contributed by atoms with Crippen molar-refractivity contribution in [3.8, 4) is 5.69 Å². The Morgan fingerprint density at radius 3 is 2.45 bits per heavy atom. The van der Waals surface area contributed by atoms with Gasteiger partial charge in [0.2, 0.25) is 5.91 Å². The minimum atomic E-state index is -0.109. The summed E-state index contributed by atoms with van der Waals surface area (Å²) in [5.41, 5.74) is 2.57. The lowest BCUT2D eigenvalue weighted by molar-refractivity contribution is -0.129. The Bertz CT molecular complexity index is 1010. The summed E-state index contributed by atoms with van der Waals surface area (Å²) in [5.74, 6) is 0.448. The van der Waals surface area contributed by atoms with E-state index < -0.39 is 0 Å². The van der Waals surface area contributed by atoms with E-state index in [1.54, 1.807) is 6.20 Å². The van der Waals surface area contributed by atoms with Gasteiger partial charge in [0.1, 0.15) is 0 Å². The van der Waals surface area contributed by atoms with Crippen molar-refractivity contribution in [3.05, 3.63) is 78.1 Å². The summed E-state index contributed by atoms with van der Waals surface area (Å²) in [4.78, 5) is 31.2. The zero-order valence-electron chi connectivity index (χ0n) is 17.4. The number of hydrogen-bond donors (Lipinski definition) is 1. The molecule has 7 heteroatoms. The number of thioether (sulfide) groups is 1. The largest absolute Gasteiger partial charge is 0.348 e. The summed E-state index contributed by atoms with van der Waals surface area (Å²) in [6.07, 6.45) is 7.00. The van der Waals surface area contributed by atoms with Gasteiger partial charge in [0.05, 0.1) is 5.75 Å². The Hall–Kier alpha value is -3.06. The molecule has 0 atom stereocenters. The van der Waals surface area contributed by atoms with Gasteiger partial charge in [-0.25, -0.2) is 4.98 Å². The van der Waals surface area contributed by atoms with Crippen molar-refractivity contribution in [2.45, 2.75) is 31.0 Å². The van der Waals surface area contributed by atoms with Crippen molar-refractivity contribution in [3.63, 3.8) is 0 Å². The molecule has 1 aliphatic rings. The maximum atomic E-state index is 12.4. The standard InChI is InChI=1S/C24H26N4O2S/c29-22(27-14-5-2-6-15-27)18-31-24-25-13-16-28(24)21-11-9-20(10-12-21)23(30)26-17-19-7-3-1-4-8-19/h1,3-4,7-13,16H,2,5-6,14-15,17-18H2,(H,26,30). The smallest absolute Gasteiger partial charge is 0.251 e. The van der Waals surface area contributed by atoms with E-state index in [-0.39, 0.29) is 11.8 Å². The SMILES string of the molecule is O=C(NCc1ccccc1)c1ccc(-n2ccnc2SCC(=O)N2CCCCC2)cc1. The van der Waals surface area contributed by atoms with Crippen LogP contribution in [0.25, 0.3) is 5.69 Å². The summed E-state index contributed by atoms with van der Waals surface area (Å²) < 4.78 is 1.94. The topological polar surface area (TPSA) is 67.2 Å². The monoisotopic (exact) mass is 434 g/mol. The minimum absolute atomic E-state index is 0.109. The number of likely N-dealkylation sites (tertiary alicyclic amines) is 1. The van der Waals surface area contributed by atoms with E-state index in [1.165, 1.54) is 18.2 Å². The van der Waals surface area contributed by atoms with Crippen LogP contribution < -0.4 is 5.32 Å². The number of carbonyl (C=O) groups excluding carboxylic acids is 2. The van der Waals surface area contributed by atoms with Gasteiger partial charge in [0.15, 0.2) is 5.16 Å². The summed E-state index contributed by atoms with van der Waals surface area (Å²) in [6.45, 7) is 2.22. The maximum Gasteiger partial charge on any atom is 0.251 e. The van der Waals surface area contributed by atoms with Crippen LogP contribution in [-0.4, -0.2) is 45.1 Å². The molecule has 2 heterocycles. The van der Waals surface area contributed by atoms with Crippen LogP contribution in [0.5, 0.6) is 0 Å². The third kappa shape index (κ3) is 5.55. The molecule has 0 saturated carbocycles. The Balaban J connectivity index is 1.35. The van der Waals surface area contributed by atoms with E-state index in [0.717, 1.165) is 42.3 Å². The number of aromatic nitrogens is 2. The molecule has 1 aliphatic heterocycles. The van der Waals surface area contributed by atoms with Gasteiger partial charge in [-0.1, -0.05) is 42.1 Å². The second-order valence-electron chi connectivity index (χ2n) is 7.53. The highest BCUT2D eigenvalue weighted by Gasteiger charge is 2.17. The summed E-state index contributed by atoms with van der Waals surface area (Å²) >= 11 is 1.45. The highest BCUT2D eigenvalue weighted by molar-refractivity contribution is 7.99. The van der Waals surface area contributed by atoms with Gasteiger partial charge >= 0.3 is 0 Å². The lowest BCUT2D eigenvalue weighted by atomic mass is 10.1. The average molecular weight is 435 g/mol. The Morgan fingerprint density at radius 1 is 0.968 bits per heavy atom. The zero-order valence-corrected chi connectivity index (χ0v) is 18.2. The fourth-order valence-corrected chi connectivity index (χ4v) is 4.48. The fourth-order valence-electron chi connectivity index (χ4n) is 3.61. The van der Waals surface area contributed by atoms with Crippen LogP contribution in [-0.2, 0) is 11.3 Å². The van der Waals surface area contributed by atoms with Crippen molar-refractivity contribution < 1.29 is 9.59 Å². The second kappa shape index (κ2) is 10.3. The van der Waals surface area contributed by atoms with E-state index in [4.69, 9.17) is 0 Å². The summed E-state index contributed by atoms with van der Waals surface area (Å²) in [5, 5.41) is 3.71. The number of piperidine rings is 1. The first kappa shape index (κ1) is 21.2. The number of amides is 2. The molecule has 2 amide bonds. The number of rotatable bonds is 7. The lowest BCUT2D eigenvalue weighted by Crippen LogP contribution is -2.36. The number of nitrogens with one attached hydrogen (secondary N) is 1. The molecular weight excluding hydrogens is 408 g/mol. The Morgan fingerprint density at radius 2 is 1.71 bits per heavy atom. The molecule has 1 N–H and O–H groups in total.